The standard InChI is InChI=1S/C35H43ClN6O2S/c36-28-12-10-25(11-13-28)18-31(40-33(43)20-29(37)19-26-21-45-32-9-5-4-8-30(26)32)34(44)41-16-14-35(15-17-41,22-42-24-38-23-39-42)27-6-2-1-3-7-27/h4-5,8-13,21,23-24,27,29,31H,1-3,6-7,14-20,22,37H2,(H,40,43). The van der Waals surface area contributed by atoms with E-state index in [2.05, 4.69) is 32.9 Å². The zero-order valence-electron chi connectivity index (χ0n) is 25.7. The molecular formula is C35H43ClN6O2S. The fraction of sp³-hybridized carbons (Fsp3) is 0.486. The summed E-state index contributed by atoms with van der Waals surface area (Å²) in [7, 11) is 0. The number of hydrogen-bond donors (Lipinski definition) is 2. The molecular weight excluding hydrogens is 604 g/mol. The molecule has 2 aromatic heterocycles. The van der Waals surface area contributed by atoms with E-state index in [4.69, 9.17) is 17.3 Å². The summed E-state index contributed by atoms with van der Waals surface area (Å²) in [5.74, 6) is 0.391. The van der Waals surface area contributed by atoms with Crippen LogP contribution in [0.15, 0.2) is 66.6 Å². The van der Waals surface area contributed by atoms with Gasteiger partial charge in [-0.25, -0.2) is 4.98 Å². The number of aromatic nitrogens is 3. The van der Waals surface area contributed by atoms with E-state index >= 15 is 0 Å². The molecule has 2 atom stereocenters. The van der Waals surface area contributed by atoms with Gasteiger partial charge < -0.3 is 16.0 Å². The van der Waals surface area contributed by atoms with E-state index in [1.54, 1.807) is 17.7 Å². The van der Waals surface area contributed by atoms with Gasteiger partial charge >= 0.3 is 0 Å². The number of benzene rings is 2. The van der Waals surface area contributed by atoms with Crippen molar-refractivity contribution in [1.82, 2.24) is 25.0 Å². The average Bonchev–Trinajstić information content (AvgIpc) is 3.72. The van der Waals surface area contributed by atoms with Crippen LogP contribution in [0, 0.1) is 11.3 Å². The Morgan fingerprint density at radius 2 is 1.80 bits per heavy atom. The highest BCUT2D eigenvalue weighted by Crippen LogP contribution is 2.47. The highest BCUT2D eigenvalue weighted by Gasteiger charge is 2.43. The summed E-state index contributed by atoms with van der Waals surface area (Å²) < 4.78 is 3.19. The lowest BCUT2D eigenvalue weighted by Crippen LogP contribution is -2.55. The van der Waals surface area contributed by atoms with E-state index in [0.717, 1.165) is 30.5 Å². The van der Waals surface area contributed by atoms with Gasteiger partial charge in [-0.1, -0.05) is 61.2 Å². The number of thiophene rings is 1. The zero-order chi connectivity index (χ0) is 31.2. The predicted octanol–water partition coefficient (Wildman–Crippen LogP) is 6.02. The first-order valence-corrected chi connectivity index (χ1v) is 17.5. The summed E-state index contributed by atoms with van der Waals surface area (Å²) in [5.41, 5.74) is 8.70. The molecule has 0 spiro atoms. The van der Waals surface area contributed by atoms with Gasteiger partial charge in [0.15, 0.2) is 0 Å². The number of rotatable bonds is 11. The van der Waals surface area contributed by atoms with E-state index < -0.39 is 6.04 Å². The molecule has 1 aliphatic heterocycles. The topological polar surface area (TPSA) is 106 Å². The van der Waals surface area contributed by atoms with Gasteiger partial charge in [0.1, 0.15) is 18.7 Å². The molecule has 2 aromatic carbocycles. The van der Waals surface area contributed by atoms with Crippen molar-refractivity contribution in [1.29, 1.82) is 0 Å². The highest BCUT2D eigenvalue weighted by molar-refractivity contribution is 7.17. The fourth-order valence-corrected chi connectivity index (χ4v) is 8.64. The highest BCUT2D eigenvalue weighted by atomic mass is 35.5. The molecule has 0 radical (unpaired) electrons. The largest absolute Gasteiger partial charge is 0.344 e. The maximum Gasteiger partial charge on any atom is 0.245 e. The van der Waals surface area contributed by atoms with Crippen LogP contribution in [0.3, 0.4) is 0 Å². The minimum atomic E-state index is -0.676. The average molecular weight is 647 g/mol. The van der Waals surface area contributed by atoms with Crippen molar-refractivity contribution in [3.05, 3.63) is 82.7 Å². The fourth-order valence-electron chi connectivity index (χ4n) is 7.53. The summed E-state index contributed by atoms with van der Waals surface area (Å²) in [4.78, 5) is 33.7. The van der Waals surface area contributed by atoms with E-state index in [1.165, 1.54) is 42.2 Å². The lowest BCUT2D eigenvalue weighted by molar-refractivity contribution is -0.139. The van der Waals surface area contributed by atoms with Gasteiger partial charge in [0.05, 0.1) is 0 Å². The molecule has 1 saturated carbocycles. The van der Waals surface area contributed by atoms with Gasteiger partial charge in [-0.05, 0) is 83.5 Å². The van der Waals surface area contributed by atoms with E-state index in [1.807, 2.05) is 52.3 Å². The normalized spacial score (nSPS) is 18.5. The van der Waals surface area contributed by atoms with Gasteiger partial charge in [0.2, 0.25) is 11.8 Å². The molecule has 4 aromatic rings. The second kappa shape index (κ2) is 14.4. The van der Waals surface area contributed by atoms with Crippen molar-refractivity contribution in [2.45, 2.75) is 82.8 Å². The van der Waals surface area contributed by atoms with Crippen LogP contribution in [0.5, 0.6) is 0 Å². The maximum atomic E-state index is 14.1. The molecule has 2 unspecified atom stereocenters. The first-order valence-electron chi connectivity index (χ1n) is 16.2. The van der Waals surface area contributed by atoms with Crippen LogP contribution in [-0.4, -0.2) is 56.7 Å². The minimum Gasteiger partial charge on any atom is -0.344 e. The number of carbonyl (C=O) groups is 2. The molecule has 1 saturated heterocycles. The lowest BCUT2D eigenvalue weighted by Gasteiger charge is -2.48. The summed E-state index contributed by atoms with van der Waals surface area (Å²) in [5, 5.41) is 11.5. The van der Waals surface area contributed by atoms with Gasteiger partial charge in [-0.2, -0.15) is 5.10 Å². The predicted molar refractivity (Wildman–Crippen MR) is 180 cm³/mol. The number of halogens is 1. The quantitative estimate of drug-likeness (QED) is 0.207. The van der Waals surface area contributed by atoms with Crippen molar-refractivity contribution < 1.29 is 9.59 Å². The number of nitrogens with two attached hydrogens (primary N) is 1. The Morgan fingerprint density at radius 3 is 2.53 bits per heavy atom. The van der Waals surface area contributed by atoms with E-state index in [9.17, 15) is 9.59 Å². The second-order valence-corrected chi connectivity index (χ2v) is 14.3. The molecule has 2 aliphatic rings. The van der Waals surface area contributed by atoms with Crippen LogP contribution < -0.4 is 11.1 Å². The monoisotopic (exact) mass is 646 g/mol. The van der Waals surface area contributed by atoms with Crippen LogP contribution in [0.1, 0.15) is 62.5 Å². The van der Waals surface area contributed by atoms with Crippen LogP contribution in [0.4, 0.5) is 0 Å². The molecule has 10 heteroatoms. The summed E-state index contributed by atoms with van der Waals surface area (Å²) in [6.45, 7) is 2.17. The van der Waals surface area contributed by atoms with Gasteiger partial charge in [0.25, 0.3) is 0 Å². The second-order valence-electron chi connectivity index (χ2n) is 13.0. The third-order valence-electron chi connectivity index (χ3n) is 9.96. The van der Waals surface area contributed by atoms with Crippen molar-refractivity contribution in [3.8, 4) is 0 Å². The maximum absolute atomic E-state index is 14.1. The van der Waals surface area contributed by atoms with Gasteiger partial charge in [0, 0.05) is 48.2 Å². The number of fused-ring (bicyclic) bond motifs is 1. The van der Waals surface area contributed by atoms with Crippen LogP contribution in [0.2, 0.25) is 5.02 Å². The zero-order valence-corrected chi connectivity index (χ0v) is 27.3. The Morgan fingerprint density at radius 1 is 1.04 bits per heavy atom. The Kier molecular flexibility index (Phi) is 10.2. The van der Waals surface area contributed by atoms with Gasteiger partial charge in [-0.15, -0.1) is 11.3 Å². The number of nitrogens with zero attached hydrogens (tertiary/aromatic N) is 4. The van der Waals surface area contributed by atoms with E-state index in [0.29, 0.717) is 36.9 Å². The molecule has 45 heavy (non-hydrogen) atoms. The third-order valence-corrected chi connectivity index (χ3v) is 11.2. The first kappa shape index (κ1) is 31.7. The molecule has 3 N–H and O–H groups in total. The number of amides is 2. The molecule has 0 bridgehead atoms. The van der Waals surface area contributed by atoms with Gasteiger partial charge in [-0.3, -0.25) is 14.3 Å². The Bertz CT molecular complexity index is 1560. The van der Waals surface area contributed by atoms with Crippen LogP contribution in [-0.2, 0) is 29.0 Å². The molecule has 238 valence electrons. The number of carbonyl (C=O) groups excluding carboxylic acids is 2. The Labute approximate surface area is 274 Å². The number of nitrogens with one attached hydrogen (secondary N) is 1. The number of likely N-dealkylation sites (tertiary alicyclic amines) is 1. The molecule has 2 amide bonds. The molecule has 6 rings (SSSR count). The van der Waals surface area contributed by atoms with Crippen molar-refractivity contribution >= 4 is 44.8 Å². The molecule has 2 fully saturated rings. The minimum absolute atomic E-state index is 0.0336. The van der Waals surface area contributed by atoms with Crippen LogP contribution >= 0.6 is 22.9 Å². The van der Waals surface area contributed by atoms with Crippen molar-refractivity contribution in [2.75, 3.05) is 13.1 Å². The summed E-state index contributed by atoms with van der Waals surface area (Å²) in [6, 6.07) is 14.7. The third kappa shape index (κ3) is 7.76. The molecule has 8 nitrogen and oxygen atoms in total. The van der Waals surface area contributed by atoms with Crippen molar-refractivity contribution in [3.63, 3.8) is 0 Å². The Hall–Kier alpha value is -3.27. The van der Waals surface area contributed by atoms with Crippen LogP contribution in [0.25, 0.3) is 10.1 Å². The molecule has 1 aliphatic carbocycles. The SMILES string of the molecule is NC(CC(=O)NC(Cc1ccc(Cl)cc1)C(=O)N1CCC(Cn2cncn2)(C2CCCCC2)CC1)Cc1csc2ccccc12. The Balaban J connectivity index is 1.13. The number of piperidine rings is 1. The smallest absolute Gasteiger partial charge is 0.245 e. The number of hydrogen-bond acceptors (Lipinski definition) is 6. The summed E-state index contributed by atoms with van der Waals surface area (Å²) >= 11 is 7.84. The van der Waals surface area contributed by atoms with Crippen molar-refractivity contribution in [2.24, 2.45) is 17.1 Å². The molecule has 3 heterocycles. The van der Waals surface area contributed by atoms with E-state index in [-0.39, 0.29) is 29.7 Å². The first-order chi connectivity index (χ1) is 21.9. The summed E-state index contributed by atoms with van der Waals surface area (Å²) in [6.07, 6.45) is 12.7. The lowest BCUT2D eigenvalue weighted by atomic mass is 9.63.